The summed E-state index contributed by atoms with van der Waals surface area (Å²) in [6.45, 7) is 6.37. The van der Waals surface area contributed by atoms with Gasteiger partial charge in [-0.2, -0.15) is 4.98 Å². The van der Waals surface area contributed by atoms with Crippen LogP contribution in [0.5, 0.6) is 0 Å². The minimum Gasteiger partial charge on any atom is -0.360 e. The van der Waals surface area contributed by atoms with Gasteiger partial charge in [0.25, 0.3) is 5.91 Å². The van der Waals surface area contributed by atoms with Crippen LogP contribution >= 0.6 is 11.6 Å². The van der Waals surface area contributed by atoms with E-state index in [4.69, 9.17) is 21.1 Å². The number of amides is 1. The number of halogens is 1. The van der Waals surface area contributed by atoms with Crippen LogP contribution < -0.4 is 9.80 Å². The minimum absolute atomic E-state index is 0.0833. The number of piperazine rings is 1. The van der Waals surface area contributed by atoms with Crippen LogP contribution in [0.3, 0.4) is 0 Å². The molecule has 172 valence electrons. The number of rotatable bonds is 4. The number of piperidine rings is 1. The second-order valence-corrected chi connectivity index (χ2v) is 8.89. The van der Waals surface area contributed by atoms with Crippen LogP contribution in [0.2, 0.25) is 5.02 Å². The SMILES string of the molecule is Cc1onc(-c2ccccc2Cl)c1C(=O)N1CCN(c2ccnc(N3CCCCC3)n2)CC1. The van der Waals surface area contributed by atoms with Crippen LogP contribution in [0, 0.1) is 6.92 Å². The Labute approximate surface area is 198 Å². The van der Waals surface area contributed by atoms with Crippen molar-refractivity contribution in [1.82, 2.24) is 20.0 Å². The summed E-state index contributed by atoms with van der Waals surface area (Å²) in [5.74, 6) is 2.13. The van der Waals surface area contributed by atoms with Crippen molar-refractivity contribution >= 4 is 29.3 Å². The zero-order valence-corrected chi connectivity index (χ0v) is 19.5. The molecule has 0 N–H and O–H groups in total. The number of carbonyl (C=O) groups is 1. The Morgan fingerprint density at radius 2 is 1.73 bits per heavy atom. The largest absolute Gasteiger partial charge is 0.360 e. The summed E-state index contributed by atoms with van der Waals surface area (Å²) in [7, 11) is 0. The molecule has 8 nitrogen and oxygen atoms in total. The van der Waals surface area contributed by atoms with E-state index in [0.29, 0.717) is 53.8 Å². The van der Waals surface area contributed by atoms with E-state index in [1.54, 1.807) is 13.0 Å². The van der Waals surface area contributed by atoms with E-state index in [1.807, 2.05) is 35.4 Å². The molecule has 2 fully saturated rings. The zero-order valence-electron chi connectivity index (χ0n) is 18.7. The molecule has 0 radical (unpaired) electrons. The van der Waals surface area contributed by atoms with Crippen LogP contribution in [0.4, 0.5) is 11.8 Å². The van der Waals surface area contributed by atoms with Crippen molar-refractivity contribution < 1.29 is 9.32 Å². The van der Waals surface area contributed by atoms with Crippen LogP contribution in [0.15, 0.2) is 41.1 Å². The van der Waals surface area contributed by atoms with Gasteiger partial charge in [0, 0.05) is 51.0 Å². The van der Waals surface area contributed by atoms with Gasteiger partial charge in [-0.15, -0.1) is 0 Å². The monoisotopic (exact) mass is 466 g/mol. The van der Waals surface area contributed by atoms with E-state index < -0.39 is 0 Å². The van der Waals surface area contributed by atoms with Gasteiger partial charge in [0.1, 0.15) is 22.8 Å². The third-order valence-corrected chi connectivity index (χ3v) is 6.69. The first-order valence-electron chi connectivity index (χ1n) is 11.4. The molecule has 1 aromatic carbocycles. The highest BCUT2D eigenvalue weighted by molar-refractivity contribution is 6.33. The highest BCUT2D eigenvalue weighted by Gasteiger charge is 2.29. The molecule has 0 atom stereocenters. The maximum Gasteiger partial charge on any atom is 0.259 e. The van der Waals surface area contributed by atoms with E-state index >= 15 is 0 Å². The molecule has 33 heavy (non-hydrogen) atoms. The second-order valence-electron chi connectivity index (χ2n) is 8.48. The second kappa shape index (κ2) is 9.39. The molecule has 2 aliphatic heterocycles. The highest BCUT2D eigenvalue weighted by Crippen LogP contribution is 2.32. The molecule has 0 saturated carbocycles. The summed E-state index contributed by atoms with van der Waals surface area (Å²) in [5.41, 5.74) is 1.67. The normalized spacial score (nSPS) is 16.8. The number of anilines is 2. The lowest BCUT2D eigenvalue weighted by molar-refractivity contribution is 0.0745. The Bertz CT molecular complexity index is 1140. The quantitative estimate of drug-likeness (QED) is 0.574. The molecule has 3 aromatic rings. The van der Waals surface area contributed by atoms with Crippen molar-refractivity contribution in [2.45, 2.75) is 26.2 Å². The van der Waals surface area contributed by atoms with Gasteiger partial charge < -0.3 is 19.2 Å². The Hall–Kier alpha value is -3.13. The van der Waals surface area contributed by atoms with Gasteiger partial charge in [-0.3, -0.25) is 4.79 Å². The van der Waals surface area contributed by atoms with Crippen molar-refractivity contribution in [3.05, 3.63) is 52.9 Å². The Kier molecular flexibility index (Phi) is 6.17. The third kappa shape index (κ3) is 4.39. The molecule has 2 aromatic heterocycles. The van der Waals surface area contributed by atoms with Gasteiger partial charge in [-0.25, -0.2) is 4.98 Å². The highest BCUT2D eigenvalue weighted by atomic mass is 35.5. The van der Waals surface area contributed by atoms with Crippen LogP contribution in [-0.2, 0) is 0 Å². The number of hydrogen-bond acceptors (Lipinski definition) is 7. The number of hydrogen-bond donors (Lipinski definition) is 0. The fourth-order valence-corrected chi connectivity index (χ4v) is 4.74. The number of carbonyl (C=O) groups excluding carboxylic acids is 1. The number of aryl methyl sites for hydroxylation is 1. The summed E-state index contributed by atoms with van der Waals surface area (Å²) < 4.78 is 5.39. The maximum atomic E-state index is 13.4. The molecule has 5 rings (SSSR count). The third-order valence-electron chi connectivity index (χ3n) is 6.36. The first kappa shape index (κ1) is 21.7. The van der Waals surface area contributed by atoms with Gasteiger partial charge in [0.05, 0.1) is 5.02 Å². The molecule has 0 spiro atoms. The van der Waals surface area contributed by atoms with E-state index in [1.165, 1.54) is 19.3 Å². The summed E-state index contributed by atoms with van der Waals surface area (Å²) in [5, 5.41) is 4.68. The summed E-state index contributed by atoms with van der Waals surface area (Å²) in [6.07, 6.45) is 5.48. The van der Waals surface area contributed by atoms with E-state index in [2.05, 4.69) is 19.9 Å². The van der Waals surface area contributed by atoms with Gasteiger partial charge in [-0.1, -0.05) is 35.0 Å². The van der Waals surface area contributed by atoms with Gasteiger partial charge in [-0.05, 0) is 38.3 Å². The Morgan fingerprint density at radius 3 is 2.48 bits per heavy atom. The van der Waals surface area contributed by atoms with E-state index in [-0.39, 0.29) is 5.91 Å². The molecule has 0 aliphatic carbocycles. The minimum atomic E-state index is -0.0833. The standard InChI is InChI=1S/C24H27ClN6O2/c1-17-21(22(28-33-17)18-7-3-4-8-19(18)25)23(32)30-15-13-29(14-16-30)20-9-10-26-24(27-20)31-11-5-2-6-12-31/h3-4,7-10H,2,5-6,11-16H2,1H3. The molecular weight excluding hydrogens is 440 g/mol. The topological polar surface area (TPSA) is 78.6 Å². The average molecular weight is 467 g/mol. The van der Waals surface area contributed by atoms with E-state index in [9.17, 15) is 4.79 Å². The molecule has 9 heteroatoms. The van der Waals surface area contributed by atoms with Crippen molar-refractivity contribution in [3.8, 4) is 11.3 Å². The lowest BCUT2D eigenvalue weighted by Gasteiger charge is -2.36. The van der Waals surface area contributed by atoms with Gasteiger partial charge in [0.2, 0.25) is 5.95 Å². The fourth-order valence-electron chi connectivity index (χ4n) is 4.52. The first-order chi connectivity index (χ1) is 16.1. The Morgan fingerprint density at radius 1 is 0.970 bits per heavy atom. The summed E-state index contributed by atoms with van der Waals surface area (Å²) >= 11 is 6.36. The van der Waals surface area contributed by atoms with Crippen LogP contribution in [-0.4, -0.2) is 65.2 Å². The summed E-state index contributed by atoms with van der Waals surface area (Å²) in [4.78, 5) is 29.1. The van der Waals surface area contributed by atoms with Crippen molar-refractivity contribution in [2.75, 3.05) is 49.1 Å². The number of aromatic nitrogens is 3. The van der Waals surface area contributed by atoms with E-state index in [0.717, 1.165) is 24.9 Å². The summed E-state index contributed by atoms with van der Waals surface area (Å²) in [6, 6.07) is 9.31. The molecule has 2 saturated heterocycles. The molecule has 1 amide bonds. The predicted octanol–water partition coefficient (Wildman–Crippen LogP) is 4.05. The maximum absolute atomic E-state index is 13.4. The average Bonchev–Trinajstić information content (AvgIpc) is 3.25. The molecule has 2 aliphatic rings. The lowest BCUT2D eigenvalue weighted by atomic mass is 10.0. The Balaban J connectivity index is 1.29. The molecular formula is C24H27ClN6O2. The van der Waals surface area contributed by atoms with Crippen molar-refractivity contribution in [1.29, 1.82) is 0 Å². The molecule has 0 unspecified atom stereocenters. The lowest BCUT2D eigenvalue weighted by Crippen LogP contribution is -2.49. The van der Waals surface area contributed by atoms with Crippen molar-refractivity contribution in [3.63, 3.8) is 0 Å². The van der Waals surface area contributed by atoms with Crippen LogP contribution in [0.1, 0.15) is 35.4 Å². The smallest absolute Gasteiger partial charge is 0.259 e. The number of nitrogens with zero attached hydrogens (tertiary/aromatic N) is 6. The van der Waals surface area contributed by atoms with Crippen LogP contribution in [0.25, 0.3) is 11.3 Å². The molecule has 4 heterocycles. The number of benzene rings is 1. The van der Waals surface area contributed by atoms with Gasteiger partial charge in [0.15, 0.2) is 0 Å². The first-order valence-corrected chi connectivity index (χ1v) is 11.8. The zero-order chi connectivity index (χ0) is 22.8. The molecule has 0 bridgehead atoms. The predicted molar refractivity (Wildman–Crippen MR) is 128 cm³/mol. The van der Waals surface area contributed by atoms with Crippen molar-refractivity contribution in [2.24, 2.45) is 0 Å². The van der Waals surface area contributed by atoms with Gasteiger partial charge >= 0.3 is 0 Å². The fraction of sp³-hybridized carbons (Fsp3) is 0.417.